The third-order valence-electron chi connectivity index (χ3n) is 3.59. The van der Waals surface area contributed by atoms with Crippen molar-refractivity contribution in [3.63, 3.8) is 0 Å². The lowest BCUT2D eigenvalue weighted by molar-refractivity contribution is 0.0932. The number of halogens is 1. The van der Waals surface area contributed by atoms with E-state index in [0.717, 1.165) is 31.4 Å². The van der Waals surface area contributed by atoms with Crippen molar-refractivity contribution in [2.75, 3.05) is 0 Å². The molecule has 1 aromatic heterocycles. The normalized spacial score (nSPS) is 23.7. The van der Waals surface area contributed by atoms with Crippen LogP contribution in [-0.4, -0.2) is 27.5 Å². The van der Waals surface area contributed by atoms with Crippen LogP contribution >= 0.6 is 11.6 Å². The van der Waals surface area contributed by atoms with Gasteiger partial charge in [-0.15, -0.1) is 11.6 Å². The molecule has 0 saturated heterocycles. The SMILES string of the molecule is Cc1cc(C(=O)NC2CCCCCC2Cl)c(C)nn1. The van der Waals surface area contributed by atoms with Crippen molar-refractivity contribution in [1.82, 2.24) is 15.5 Å². The highest BCUT2D eigenvalue weighted by molar-refractivity contribution is 6.21. The van der Waals surface area contributed by atoms with Gasteiger partial charge in [-0.2, -0.15) is 10.2 Å². The Morgan fingerprint density at radius 2 is 2.00 bits per heavy atom. The van der Waals surface area contributed by atoms with Crippen LogP contribution in [0.3, 0.4) is 0 Å². The maximum atomic E-state index is 12.3. The topological polar surface area (TPSA) is 54.9 Å². The Morgan fingerprint density at radius 3 is 2.79 bits per heavy atom. The van der Waals surface area contributed by atoms with Gasteiger partial charge in [0.05, 0.1) is 22.3 Å². The molecule has 2 unspecified atom stereocenters. The second kappa shape index (κ2) is 6.33. The molecule has 0 spiro atoms. The Kier molecular flexibility index (Phi) is 4.75. The lowest BCUT2D eigenvalue weighted by atomic mass is 10.1. The summed E-state index contributed by atoms with van der Waals surface area (Å²) in [5, 5.41) is 11.0. The second-order valence-corrected chi connectivity index (χ2v) is 5.78. The molecule has 5 heteroatoms. The highest BCUT2D eigenvalue weighted by Gasteiger charge is 2.24. The van der Waals surface area contributed by atoms with Crippen LogP contribution in [-0.2, 0) is 0 Å². The first-order valence-electron chi connectivity index (χ1n) is 6.84. The molecule has 19 heavy (non-hydrogen) atoms. The van der Waals surface area contributed by atoms with E-state index in [2.05, 4.69) is 15.5 Å². The number of nitrogens with one attached hydrogen (secondary N) is 1. The molecule has 0 bridgehead atoms. The molecule has 1 saturated carbocycles. The molecule has 104 valence electrons. The molecule has 0 aliphatic heterocycles. The zero-order valence-corrected chi connectivity index (χ0v) is 12.2. The average Bonchev–Trinajstić information content (AvgIpc) is 2.58. The summed E-state index contributed by atoms with van der Waals surface area (Å²) in [5.74, 6) is -0.0898. The maximum Gasteiger partial charge on any atom is 0.253 e. The van der Waals surface area contributed by atoms with Crippen molar-refractivity contribution < 1.29 is 4.79 Å². The Morgan fingerprint density at radius 1 is 1.26 bits per heavy atom. The number of aromatic nitrogens is 2. The van der Waals surface area contributed by atoms with Crippen LogP contribution < -0.4 is 5.32 Å². The van der Waals surface area contributed by atoms with Gasteiger partial charge in [0.1, 0.15) is 0 Å². The van der Waals surface area contributed by atoms with Crippen molar-refractivity contribution in [3.8, 4) is 0 Å². The van der Waals surface area contributed by atoms with Crippen molar-refractivity contribution >= 4 is 17.5 Å². The molecule has 2 atom stereocenters. The lowest BCUT2D eigenvalue weighted by Crippen LogP contribution is -2.40. The lowest BCUT2D eigenvalue weighted by Gasteiger charge is -2.21. The van der Waals surface area contributed by atoms with E-state index in [0.29, 0.717) is 11.3 Å². The van der Waals surface area contributed by atoms with Gasteiger partial charge in [0.25, 0.3) is 5.91 Å². The number of alkyl halides is 1. The predicted molar refractivity (Wildman–Crippen MR) is 75.5 cm³/mol. The fraction of sp³-hybridized carbons (Fsp3) is 0.643. The predicted octanol–water partition coefficient (Wildman–Crippen LogP) is 2.76. The van der Waals surface area contributed by atoms with Gasteiger partial charge in [0.15, 0.2) is 0 Å². The summed E-state index contributed by atoms with van der Waals surface area (Å²) in [6.07, 6.45) is 5.40. The minimum atomic E-state index is -0.0898. The fourth-order valence-corrected chi connectivity index (χ4v) is 2.79. The minimum Gasteiger partial charge on any atom is -0.348 e. The molecule has 1 heterocycles. The highest BCUT2D eigenvalue weighted by Crippen LogP contribution is 2.22. The van der Waals surface area contributed by atoms with Crippen LogP contribution in [0, 0.1) is 13.8 Å². The van der Waals surface area contributed by atoms with Crippen LogP contribution in [0.2, 0.25) is 0 Å². The van der Waals surface area contributed by atoms with E-state index >= 15 is 0 Å². The third-order valence-corrected chi connectivity index (χ3v) is 4.12. The number of hydrogen-bond acceptors (Lipinski definition) is 3. The summed E-state index contributed by atoms with van der Waals surface area (Å²) in [6.45, 7) is 3.63. The van der Waals surface area contributed by atoms with Gasteiger partial charge in [-0.1, -0.05) is 19.3 Å². The molecule has 4 nitrogen and oxygen atoms in total. The van der Waals surface area contributed by atoms with E-state index in [4.69, 9.17) is 11.6 Å². The summed E-state index contributed by atoms with van der Waals surface area (Å²) >= 11 is 6.35. The highest BCUT2D eigenvalue weighted by atomic mass is 35.5. The van der Waals surface area contributed by atoms with Crippen LogP contribution in [0.15, 0.2) is 6.07 Å². The molecule has 0 aromatic carbocycles. The summed E-state index contributed by atoms with van der Waals surface area (Å²) in [6, 6.07) is 1.84. The van der Waals surface area contributed by atoms with Gasteiger partial charge in [0.2, 0.25) is 0 Å². The summed E-state index contributed by atoms with van der Waals surface area (Å²) in [5.41, 5.74) is 2.00. The quantitative estimate of drug-likeness (QED) is 0.670. The van der Waals surface area contributed by atoms with Crippen LogP contribution in [0.5, 0.6) is 0 Å². The van der Waals surface area contributed by atoms with Gasteiger partial charge >= 0.3 is 0 Å². The fourth-order valence-electron chi connectivity index (χ4n) is 2.45. The third kappa shape index (κ3) is 3.66. The second-order valence-electron chi connectivity index (χ2n) is 5.22. The first kappa shape index (κ1) is 14.3. The van der Waals surface area contributed by atoms with E-state index in [1.807, 2.05) is 6.92 Å². The molecule has 2 rings (SSSR count). The van der Waals surface area contributed by atoms with Crippen LogP contribution in [0.1, 0.15) is 53.8 Å². The Labute approximate surface area is 118 Å². The number of aryl methyl sites for hydroxylation is 2. The Hall–Kier alpha value is -1.16. The standard InChI is InChI=1S/C14H20ClN3O/c1-9-8-11(10(2)18-17-9)14(19)16-13-7-5-3-4-6-12(13)15/h8,12-13H,3-7H2,1-2H3,(H,16,19). The summed E-state index contributed by atoms with van der Waals surface area (Å²) in [7, 11) is 0. The van der Waals surface area contributed by atoms with Gasteiger partial charge in [0, 0.05) is 6.04 Å². The van der Waals surface area contributed by atoms with Gasteiger partial charge < -0.3 is 5.32 Å². The van der Waals surface area contributed by atoms with Crippen molar-refractivity contribution in [2.45, 2.75) is 57.4 Å². The number of amides is 1. The van der Waals surface area contributed by atoms with Gasteiger partial charge in [-0.25, -0.2) is 0 Å². The number of carbonyl (C=O) groups excluding carboxylic acids is 1. The molecule has 1 aliphatic carbocycles. The van der Waals surface area contributed by atoms with Gasteiger partial charge in [-0.3, -0.25) is 4.79 Å². The average molecular weight is 282 g/mol. The number of carbonyl (C=O) groups is 1. The molecular weight excluding hydrogens is 262 g/mol. The van der Waals surface area contributed by atoms with E-state index in [9.17, 15) is 4.79 Å². The Bertz CT molecular complexity index is 464. The monoisotopic (exact) mass is 281 g/mol. The van der Waals surface area contributed by atoms with E-state index in [1.54, 1.807) is 13.0 Å². The zero-order valence-electron chi connectivity index (χ0n) is 11.4. The number of hydrogen-bond donors (Lipinski definition) is 1. The molecule has 0 radical (unpaired) electrons. The first-order valence-corrected chi connectivity index (χ1v) is 7.27. The van der Waals surface area contributed by atoms with Crippen molar-refractivity contribution in [1.29, 1.82) is 0 Å². The van der Waals surface area contributed by atoms with E-state index in [-0.39, 0.29) is 17.3 Å². The van der Waals surface area contributed by atoms with Crippen LogP contribution in [0.25, 0.3) is 0 Å². The molecule has 1 aromatic rings. The molecule has 1 fully saturated rings. The molecule has 1 aliphatic rings. The first-order chi connectivity index (χ1) is 9.08. The van der Waals surface area contributed by atoms with E-state index in [1.165, 1.54) is 6.42 Å². The molecular formula is C14H20ClN3O. The Balaban J connectivity index is 2.09. The van der Waals surface area contributed by atoms with Crippen molar-refractivity contribution in [3.05, 3.63) is 23.0 Å². The summed E-state index contributed by atoms with van der Waals surface area (Å²) in [4.78, 5) is 12.3. The zero-order chi connectivity index (χ0) is 13.8. The van der Waals surface area contributed by atoms with Gasteiger partial charge in [-0.05, 0) is 32.8 Å². The van der Waals surface area contributed by atoms with E-state index < -0.39 is 0 Å². The minimum absolute atomic E-state index is 0.0302. The maximum absolute atomic E-state index is 12.3. The van der Waals surface area contributed by atoms with Crippen LogP contribution in [0.4, 0.5) is 0 Å². The largest absolute Gasteiger partial charge is 0.348 e. The molecule has 1 amide bonds. The molecule has 1 N–H and O–H groups in total. The smallest absolute Gasteiger partial charge is 0.253 e. The van der Waals surface area contributed by atoms with Crippen molar-refractivity contribution in [2.24, 2.45) is 0 Å². The summed E-state index contributed by atoms with van der Waals surface area (Å²) < 4.78 is 0. The number of rotatable bonds is 2. The number of nitrogens with zero attached hydrogens (tertiary/aromatic N) is 2.